The molecule has 0 unspecified atom stereocenters. The molecule has 30 heavy (non-hydrogen) atoms. The molecule has 2 heterocycles. The number of amides is 3. The summed E-state index contributed by atoms with van der Waals surface area (Å²) in [5.41, 5.74) is 1.90. The van der Waals surface area contributed by atoms with Crippen molar-refractivity contribution in [3.8, 4) is 0 Å². The van der Waals surface area contributed by atoms with Gasteiger partial charge >= 0.3 is 0 Å². The van der Waals surface area contributed by atoms with E-state index in [0.717, 1.165) is 11.1 Å². The maximum Gasteiger partial charge on any atom is 0.243 e. The largest absolute Gasteiger partial charge is 0.356 e. The van der Waals surface area contributed by atoms with Gasteiger partial charge in [-0.25, -0.2) is 0 Å². The van der Waals surface area contributed by atoms with Gasteiger partial charge in [-0.2, -0.15) is 0 Å². The molecule has 6 nitrogen and oxygen atoms in total. The Morgan fingerprint density at radius 1 is 1.03 bits per heavy atom. The van der Waals surface area contributed by atoms with E-state index in [1.807, 2.05) is 72.5 Å². The second kappa shape index (κ2) is 8.69. The fourth-order valence-electron chi connectivity index (χ4n) is 4.71. The number of carbonyl (C=O) groups excluding carboxylic acids is 3. The molecule has 0 bridgehead atoms. The van der Waals surface area contributed by atoms with Gasteiger partial charge in [-0.15, -0.1) is 0 Å². The van der Waals surface area contributed by atoms with Gasteiger partial charge in [0.2, 0.25) is 17.7 Å². The zero-order chi connectivity index (χ0) is 21.1. The Balaban J connectivity index is 1.56. The predicted molar refractivity (Wildman–Crippen MR) is 113 cm³/mol. The molecule has 2 fully saturated rings. The molecule has 2 aliphatic rings. The van der Waals surface area contributed by atoms with Gasteiger partial charge in [-0.05, 0) is 24.5 Å². The highest BCUT2D eigenvalue weighted by Crippen LogP contribution is 2.43. The van der Waals surface area contributed by atoms with Gasteiger partial charge in [-0.3, -0.25) is 14.4 Å². The minimum absolute atomic E-state index is 0.0317. The number of nitrogens with zero attached hydrogens (tertiary/aromatic N) is 2. The molecule has 0 aromatic heterocycles. The van der Waals surface area contributed by atoms with Crippen LogP contribution in [0.5, 0.6) is 0 Å². The summed E-state index contributed by atoms with van der Waals surface area (Å²) < 4.78 is 0. The smallest absolute Gasteiger partial charge is 0.243 e. The molecule has 3 atom stereocenters. The Morgan fingerprint density at radius 2 is 1.70 bits per heavy atom. The number of piperazine rings is 1. The van der Waals surface area contributed by atoms with Crippen molar-refractivity contribution < 1.29 is 14.4 Å². The number of carbonyl (C=O) groups is 3. The van der Waals surface area contributed by atoms with Gasteiger partial charge in [0, 0.05) is 13.1 Å². The van der Waals surface area contributed by atoms with Crippen LogP contribution in [0, 0.1) is 5.92 Å². The van der Waals surface area contributed by atoms with Gasteiger partial charge in [0.25, 0.3) is 0 Å². The first-order valence-corrected chi connectivity index (χ1v) is 10.5. The van der Waals surface area contributed by atoms with Crippen LogP contribution in [0.4, 0.5) is 0 Å². The number of rotatable bonds is 5. The highest BCUT2D eigenvalue weighted by atomic mass is 16.2. The predicted octanol–water partition coefficient (Wildman–Crippen LogP) is 2.17. The minimum atomic E-state index is -0.314. The Hall–Kier alpha value is -3.15. The summed E-state index contributed by atoms with van der Waals surface area (Å²) in [7, 11) is 0. The third-order valence-corrected chi connectivity index (χ3v) is 6.03. The molecule has 0 aliphatic carbocycles. The molecule has 0 spiro atoms. The van der Waals surface area contributed by atoms with Crippen LogP contribution >= 0.6 is 0 Å². The Bertz CT molecular complexity index is 916. The van der Waals surface area contributed by atoms with Crippen molar-refractivity contribution in [2.75, 3.05) is 19.6 Å². The molecule has 2 saturated heterocycles. The van der Waals surface area contributed by atoms with Crippen molar-refractivity contribution in [3.63, 3.8) is 0 Å². The van der Waals surface area contributed by atoms with E-state index in [9.17, 15) is 14.4 Å². The summed E-state index contributed by atoms with van der Waals surface area (Å²) in [6.45, 7) is 2.98. The zero-order valence-corrected chi connectivity index (χ0v) is 17.2. The Morgan fingerprint density at radius 3 is 2.37 bits per heavy atom. The summed E-state index contributed by atoms with van der Waals surface area (Å²) >= 11 is 0. The highest BCUT2D eigenvalue weighted by molar-refractivity contribution is 5.89. The molecule has 2 aromatic carbocycles. The highest BCUT2D eigenvalue weighted by Gasteiger charge is 2.50. The van der Waals surface area contributed by atoms with Crippen LogP contribution in [-0.4, -0.2) is 53.2 Å². The average Bonchev–Trinajstić information content (AvgIpc) is 3.15. The van der Waals surface area contributed by atoms with E-state index < -0.39 is 0 Å². The molecule has 0 saturated carbocycles. The fourth-order valence-corrected chi connectivity index (χ4v) is 4.71. The molecule has 4 rings (SSSR count). The van der Waals surface area contributed by atoms with Crippen molar-refractivity contribution in [2.24, 2.45) is 5.92 Å². The second-order valence-electron chi connectivity index (χ2n) is 7.98. The first-order valence-electron chi connectivity index (χ1n) is 10.5. The van der Waals surface area contributed by atoms with E-state index in [-0.39, 0.29) is 48.7 Å². The van der Waals surface area contributed by atoms with Crippen LogP contribution in [0.1, 0.15) is 30.5 Å². The third kappa shape index (κ3) is 3.95. The standard InChI is InChI=1S/C24H27N3O3/c1-2-25-24(30)20-14-19-15-26(21(28)13-17-9-5-3-6-10-17)16-22(29)27(19)23(20)18-11-7-4-8-12-18/h3-12,19-20,23H,2,13-16H2,1H3,(H,25,30)/t19-,20-,23-/m1/s1. The van der Waals surface area contributed by atoms with E-state index in [1.165, 1.54) is 0 Å². The molecule has 156 valence electrons. The first kappa shape index (κ1) is 20.1. The van der Waals surface area contributed by atoms with Crippen molar-refractivity contribution >= 4 is 17.7 Å². The lowest BCUT2D eigenvalue weighted by atomic mass is 9.92. The van der Waals surface area contributed by atoms with Gasteiger partial charge in [-0.1, -0.05) is 60.7 Å². The van der Waals surface area contributed by atoms with Gasteiger partial charge in [0.1, 0.15) is 0 Å². The summed E-state index contributed by atoms with van der Waals surface area (Å²) in [5, 5.41) is 2.92. The Kier molecular flexibility index (Phi) is 5.84. The molecular formula is C24H27N3O3. The normalized spacial score (nSPS) is 23.2. The number of hydrogen-bond acceptors (Lipinski definition) is 3. The maximum atomic E-state index is 13.2. The van der Waals surface area contributed by atoms with Gasteiger partial charge in [0.05, 0.1) is 31.0 Å². The van der Waals surface area contributed by atoms with E-state index >= 15 is 0 Å². The molecule has 0 radical (unpaired) electrons. The first-order chi connectivity index (χ1) is 14.6. The SMILES string of the molecule is CCNC(=O)[C@@H]1C[C@@H]2CN(C(=O)Cc3ccccc3)CC(=O)N2[C@@H]1c1ccccc1. The number of nitrogens with one attached hydrogen (secondary N) is 1. The molecule has 1 N–H and O–H groups in total. The molecule has 3 amide bonds. The van der Waals surface area contributed by atoms with Crippen molar-refractivity contribution in [3.05, 3.63) is 71.8 Å². The lowest BCUT2D eigenvalue weighted by Gasteiger charge is -2.40. The van der Waals surface area contributed by atoms with Crippen molar-refractivity contribution in [2.45, 2.75) is 31.8 Å². The van der Waals surface area contributed by atoms with Crippen LogP contribution in [0.3, 0.4) is 0 Å². The van der Waals surface area contributed by atoms with Crippen LogP contribution in [-0.2, 0) is 20.8 Å². The summed E-state index contributed by atoms with van der Waals surface area (Å²) in [4.78, 5) is 42.3. The zero-order valence-electron chi connectivity index (χ0n) is 17.2. The van der Waals surface area contributed by atoms with Gasteiger partial charge < -0.3 is 15.1 Å². The van der Waals surface area contributed by atoms with Crippen molar-refractivity contribution in [1.29, 1.82) is 0 Å². The minimum Gasteiger partial charge on any atom is -0.356 e. The maximum absolute atomic E-state index is 13.2. The molecular weight excluding hydrogens is 378 g/mol. The van der Waals surface area contributed by atoms with E-state index in [2.05, 4.69) is 5.32 Å². The summed E-state index contributed by atoms with van der Waals surface area (Å²) in [6.07, 6.45) is 0.842. The van der Waals surface area contributed by atoms with E-state index in [0.29, 0.717) is 19.5 Å². The monoisotopic (exact) mass is 405 g/mol. The van der Waals surface area contributed by atoms with Crippen LogP contribution in [0.2, 0.25) is 0 Å². The van der Waals surface area contributed by atoms with Gasteiger partial charge in [0.15, 0.2) is 0 Å². The number of benzene rings is 2. The van der Waals surface area contributed by atoms with Crippen molar-refractivity contribution in [1.82, 2.24) is 15.1 Å². The second-order valence-corrected chi connectivity index (χ2v) is 7.98. The lowest BCUT2D eigenvalue weighted by molar-refractivity contribution is -0.148. The van der Waals surface area contributed by atoms with Crippen LogP contribution in [0.15, 0.2) is 60.7 Å². The van der Waals surface area contributed by atoms with Crippen LogP contribution in [0.25, 0.3) is 0 Å². The number of fused-ring (bicyclic) bond motifs is 1. The number of hydrogen-bond donors (Lipinski definition) is 1. The topological polar surface area (TPSA) is 69.7 Å². The Labute approximate surface area is 176 Å². The third-order valence-electron chi connectivity index (χ3n) is 6.03. The summed E-state index contributed by atoms with van der Waals surface area (Å²) in [6, 6.07) is 18.9. The van der Waals surface area contributed by atoms with E-state index in [4.69, 9.17) is 0 Å². The van der Waals surface area contributed by atoms with E-state index in [1.54, 1.807) is 4.90 Å². The van der Waals surface area contributed by atoms with Crippen LogP contribution < -0.4 is 5.32 Å². The lowest BCUT2D eigenvalue weighted by Crippen LogP contribution is -2.56. The molecule has 2 aliphatic heterocycles. The molecule has 2 aromatic rings. The quantitative estimate of drug-likeness (QED) is 0.829. The average molecular weight is 405 g/mol. The summed E-state index contributed by atoms with van der Waals surface area (Å²) in [5.74, 6) is -0.485. The molecule has 6 heteroatoms. The fraction of sp³-hybridized carbons (Fsp3) is 0.375.